The molecular weight excluding hydrogens is 387 g/mol. The SMILES string of the molecule is CN1C2CCC1CC(NC(=O)c1ccc(COc3ccc(Cl)cc3Cl)o1)C2. The normalized spacial score (nSPS) is 24.8. The number of furan rings is 1. The third kappa shape index (κ3) is 4.10. The molecular formula is C20H22Cl2N2O3. The van der Waals surface area contributed by atoms with Gasteiger partial charge in [-0.25, -0.2) is 0 Å². The number of ether oxygens (including phenoxy) is 1. The maximum atomic E-state index is 12.5. The van der Waals surface area contributed by atoms with Crippen LogP contribution < -0.4 is 10.1 Å². The summed E-state index contributed by atoms with van der Waals surface area (Å²) >= 11 is 12.0. The molecule has 1 aromatic carbocycles. The molecule has 27 heavy (non-hydrogen) atoms. The van der Waals surface area contributed by atoms with Crippen LogP contribution in [0.4, 0.5) is 0 Å². The monoisotopic (exact) mass is 408 g/mol. The van der Waals surface area contributed by atoms with Gasteiger partial charge in [-0.05, 0) is 63.1 Å². The summed E-state index contributed by atoms with van der Waals surface area (Å²) in [5.41, 5.74) is 0. The van der Waals surface area contributed by atoms with Crippen molar-refractivity contribution in [1.29, 1.82) is 0 Å². The van der Waals surface area contributed by atoms with Crippen molar-refractivity contribution in [3.05, 3.63) is 51.9 Å². The molecule has 144 valence electrons. The van der Waals surface area contributed by atoms with Crippen molar-refractivity contribution in [2.24, 2.45) is 0 Å². The zero-order valence-electron chi connectivity index (χ0n) is 15.1. The Morgan fingerprint density at radius 1 is 1.22 bits per heavy atom. The van der Waals surface area contributed by atoms with Gasteiger partial charge in [-0.15, -0.1) is 0 Å². The summed E-state index contributed by atoms with van der Waals surface area (Å²) < 4.78 is 11.3. The highest BCUT2D eigenvalue weighted by molar-refractivity contribution is 6.35. The lowest BCUT2D eigenvalue weighted by Gasteiger charge is -2.36. The van der Waals surface area contributed by atoms with E-state index < -0.39 is 0 Å². The first-order chi connectivity index (χ1) is 13.0. The minimum Gasteiger partial charge on any atom is -0.484 e. The van der Waals surface area contributed by atoms with E-state index in [1.54, 1.807) is 30.3 Å². The fourth-order valence-corrected chi connectivity index (χ4v) is 4.57. The molecule has 4 rings (SSSR count). The Hall–Kier alpha value is -1.69. The van der Waals surface area contributed by atoms with Crippen LogP contribution in [-0.2, 0) is 6.61 Å². The van der Waals surface area contributed by atoms with E-state index in [2.05, 4.69) is 17.3 Å². The molecule has 2 aliphatic rings. The number of hydrogen-bond donors (Lipinski definition) is 1. The third-order valence-electron chi connectivity index (χ3n) is 5.58. The molecule has 2 saturated heterocycles. The molecule has 2 bridgehead atoms. The maximum Gasteiger partial charge on any atom is 0.287 e. The van der Waals surface area contributed by atoms with Crippen LogP contribution in [0.3, 0.4) is 0 Å². The standard InChI is InChI=1S/C20H22Cl2N2O3/c1-24-14-3-4-15(24)10-13(9-14)23-20(25)19-7-5-16(27-19)11-26-18-6-2-12(21)8-17(18)22/h2,5-8,13-15H,3-4,9-11H2,1H3,(H,23,25). The third-order valence-corrected chi connectivity index (χ3v) is 6.11. The molecule has 0 aliphatic carbocycles. The first-order valence-electron chi connectivity index (χ1n) is 9.19. The van der Waals surface area contributed by atoms with E-state index in [1.807, 2.05) is 0 Å². The van der Waals surface area contributed by atoms with Crippen LogP contribution in [0, 0.1) is 0 Å². The van der Waals surface area contributed by atoms with Crippen LogP contribution in [0.15, 0.2) is 34.7 Å². The van der Waals surface area contributed by atoms with Gasteiger partial charge >= 0.3 is 0 Å². The molecule has 1 aromatic heterocycles. The molecule has 2 aromatic rings. The lowest BCUT2D eigenvalue weighted by molar-refractivity contribution is 0.0851. The van der Waals surface area contributed by atoms with E-state index >= 15 is 0 Å². The van der Waals surface area contributed by atoms with Gasteiger partial charge in [0.2, 0.25) is 0 Å². The summed E-state index contributed by atoms with van der Waals surface area (Å²) in [6, 6.07) is 9.84. The minimum absolute atomic E-state index is 0.167. The number of nitrogens with one attached hydrogen (secondary N) is 1. The molecule has 2 aliphatic heterocycles. The first kappa shape index (κ1) is 18.7. The number of halogens is 2. The average molecular weight is 409 g/mol. The highest BCUT2D eigenvalue weighted by Crippen LogP contribution is 2.34. The summed E-state index contributed by atoms with van der Waals surface area (Å²) in [7, 11) is 2.19. The zero-order valence-corrected chi connectivity index (χ0v) is 16.6. The number of hydrogen-bond acceptors (Lipinski definition) is 4. The molecule has 2 unspecified atom stereocenters. The Bertz CT molecular complexity index is 824. The van der Waals surface area contributed by atoms with Crippen LogP contribution in [0.25, 0.3) is 0 Å². The van der Waals surface area contributed by atoms with E-state index in [-0.39, 0.29) is 18.6 Å². The Labute approximate surface area is 168 Å². The summed E-state index contributed by atoms with van der Waals surface area (Å²) in [6.07, 6.45) is 4.46. The summed E-state index contributed by atoms with van der Waals surface area (Å²) in [6.45, 7) is 0.188. The minimum atomic E-state index is -0.167. The topological polar surface area (TPSA) is 54.7 Å². The highest BCUT2D eigenvalue weighted by Gasteiger charge is 2.39. The number of rotatable bonds is 5. The lowest BCUT2D eigenvalue weighted by atomic mass is 9.98. The van der Waals surface area contributed by atoms with Crippen molar-refractivity contribution in [2.45, 2.75) is 50.4 Å². The molecule has 5 nitrogen and oxygen atoms in total. The van der Waals surface area contributed by atoms with Crippen molar-refractivity contribution in [2.75, 3.05) is 7.05 Å². The van der Waals surface area contributed by atoms with Gasteiger partial charge in [0.25, 0.3) is 5.91 Å². The van der Waals surface area contributed by atoms with Crippen LogP contribution in [0.5, 0.6) is 5.75 Å². The van der Waals surface area contributed by atoms with Gasteiger partial charge in [0.1, 0.15) is 18.1 Å². The second-order valence-corrected chi connectivity index (χ2v) is 8.17. The smallest absolute Gasteiger partial charge is 0.287 e. The number of carbonyl (C=O) groups is 1. The van der Waals surface area contributed by atoms with Crippen LogP contribution in [0.2, 0.25) is 10.0 Å². The fraction of sp³-hybridized carbons (Fsp3) is 0.450. The number of piperidine rings is 1. The van der Waals surface area contributed by atoms with E-state index in [0.717, 1.165) is 12.8 Å². The molecule has 0 radical (unpaired) electrons. The molecule has 3 heterocycles. The van der Waals surface area contributed by atoms with Crippen LogP contribution >= 0.6 is 23.2 Å². The summed E-state index contributed by atoms with van der Waals surface area (Å²) in [5, 5.41) is 4.11. The van der Waals surface area contributed by atoms with Gasteiger partial charge in [0.05, 0.1) is 5.02 Å². The van der Waals surface area contributed by atoms with Crippen LogP contribution in [-0.4, -0.2) is 36.0 Å². The summed E-state index contributed by atoms with van der Waals surface area (Å²) in [4.78, 5) is 15.0. The second-order valence-electron chi connectivity index (χ2n) is 7.32. The number of benzene rings is 1. The van der Waals surface area contributed by atoms with Crippen molar-refractivity contribution in [3.8, 4) is 5.75 Å². The van der Waals surface area contributed by atoms with E-state index in [1.165, 1.54) is 12.8 Å². The van der Waals surface area contributed by atoms with Crippen molar-refractivity contribution in [1.82, 2.24) is 10.2 Å². The van der Waals surface area contributed by atoms with Gasteiger partial charge in [-0.1, -0.05) is 23.2 Å². The van der Waals surface area contributed by atoms with E-state index in [0.29, 0.717) is 39.4 Å². The molecule has 0 spiro atoms. The van der Waals surface area contributed by atoms with Crippen molar-refractivity contribution in [3.63, 3.8) is 0 Å². The number of carbonyl (C=O) groups excluding carboxylic acids is 1. The number of nitrogens with zero attached hydrogens (tertiary/aromatic N) is 1. The molecule has 2 atom stereocenters. The number of fused-ring (bicyclic) bond motifs is 2. The number of amides is 1. The first-order valence-corrected chi connectivity index (χ1v) is 9.94. The predicted octanol–water partition coefficient (Wildman–Crippen LogP) is 4.52. The Kier molecular flexibility index (Phi) is 5.35. The van der Waals surface area contributed by atoms with Gasteiger partial charge in [0.15, 0.2) is 5.76 Å². The molecule has 1 N–H and O–H groups in total. The zero-order chi connectivity index (χ0) is 19.0. The van der Waals surface area contributed by atoms with E-state index in [9.17, 15) is 4.79 Å². The van der Waals surface area contributed by atoms with Gasteiger partial charge in [-0.3, -0.25) is 4.79 Å². The maximum absolute atomic E-state index is 12.5. The molecule has 2 fully saturated rings. The van der Waals surface area contributed by atoms with E-state index in [4.69, 9.17) is 32.4 Å². The predicted molar refractivity (Wildman–Crippen MR) is 105 cm³/mol. The Balaban J connectivity index is 1.33. The quantitative estimate of drug-likeness (QED) is 0.789. The largest absolute Gasteiger partial charge is 0.484 e. The summed E-state index contributed by atoms with van der Waals surface area (Å²) in [5.74, 6) is 1.22. The van der Waals surface area contributed by atoms with Gasteiger partial charge in [0, 0.05) is 23.1 Å². The molecule has 0 saturated carbocycles. The lowest BCUT2D eigenvalue weighted by Crippen LogP contribution is -2.48. The second kappa shape index (κ2) is 7.74. The Morgan fingerprint density at radius 2 is 1.96 bits per heavy atom. The average Bonchev–Trinajstić information content (AvgIpc) is 3.16. The molecule has 1 amide bonds. The van der Waals surface area contributed by atoms with Crippen molar-refractivity contribution < 1.29 is 13.9 Å². The fourth-order valence-electron chi connectivity index (χ4n) is 4.10. The van der Waals surface area contributed by atoms with Crippen LogP contribution in [0.1, 0.15) is 42.0 Å². The Morgan fingerprint density at radius 3 is 2.67 bits per heavy atom. The van der Waals surface area contributed by atoms with Gasteiger partial charge < -0.3 is 19.4 Å². The van der Waals surface area contributed by atoms with Crippen molar-refractivity contribution >= 4 is 29.1 Å². The highest BCUT2D eigenvalue weighted by atomic mass is 35.5. The molecule has 7 heteroatoms. The van der Waals surface area contributed by atoms with Gasteiger partial charge in [-0.2, -0.15) is 0 Å².